The van der Waals surface area contributed by atoms with Crippen LogP contribution in [0.5, 0.6) is 0 Å². The highest BCUT2D eigenvalue weighted by Gasteiger charge is 2.41. The lowest BCUT2D eigenvalue weighted by Gasteiger charge is -2.15. The van der Waals surface area contributed by atoms with Gasteiger partial charge in [0.25, 0.3) is 0 Å². The molecule has 0 spiro atoms. The van der Waals surface area contributed by atoms with Crippen molar-refractivity contribution in [2.24, 2.45) is 16.1 Å². The number of nitrogens with one attached hydrogen (secondary N) is 1. The van der Waals surface area contributed by atoms with Crippen molar-refractivity contribution < 1.29 is 4.74 Å². The quantitative estimate of drug-likeness (QED) is 0.387. The third-order valence-corrected chi connectivity index (χ3v) is 3.53. The molecule has 17 heavy (non-hydrogen) atoms. The minimum atomic E-state index is 0.386. The summed E-state index contributed by atoms with van der Waals surface area (Å²) in [5, 5.41) is 3.19. The molecule has 0 bridgehead atoms. The van der Waals surface area contributed by atoms with Crippen LogP contribution in [0.25, 0.3) is 0 Å². The minimum Gasteiger partial charge on any atom is -0.382 e. The zero-order valence-corrected chi connectivity index (χ0v) is 11.5. The smallest absolute Gasteiger partial charge is 0.188 e. The van der Waals surface area contributed by atoms with Gasteiger partial charge in [0.2, 0.25) is 0 Å². The second kappa shape index (κ2) is 6.84. The molecule has 1 atom stereocenters. The molecule has 0 heterocycles. The van der Waals surface area contributed by atoms with Crippen LogP contribution in [0.2, 0.25) is 0 Å². The molecule has 0 radical (unpaired) electrons. The van der Waals surface area contributed by atoms with E-state index in [1.165, 1.54) is 12.8 Å². The summed E-state index contributed by atoms with van der Waals surface area (Å²) in [6.07, 6.45) is 4.70. The summed E-state index contributed by atoms with van der Waals surface area (Å²) < 4.78 is 5.40. The molecule has 1 fully saturated rings. The fraction of sp³-hybridized carbons (Fsp3) is 0.923. The lowest BCUT2D eigenvalue weighted by molar-refractivity contribution is 0.129. The number of ether oxygens (including phenoxy) is 1. The largest absolute Gasteiger partial charge is 0.382 e. The molecule has 3 N–H and O–H groups in total. The molecule has 0 aromatic heterocycles. The van der Waals surface area contributed by atoms with Crippen molar-refractivity contribution in [3.63, 3.8) is 0 Å². The number of hydrogen-bond acceptors (Lipinski definition) is 2. The summed E-state index contributed by atoms with van der Waals surface area (Å²) in [6.45, 7) is 8.78. The summed E-state index contributed by atoms with van der Waals surface area (Å²) >= 11 is 0. The van der Waals surface area contributed by atoms with E-state index in [0.717, 1.165) is 32.6 Å². The zero-order valence-electron chi connectivity index (χ0n) is 11.5. The molecule has 0 amide bonds. The van der Waals surface area contributed by atoms with Crippen LogP contribution < -0.4 is 11.1 Å². The Bertz CT molecular complexity index is 249. The molecule has 1 unspecified atom stereocenters. The third kappa shape index (κ3) is 5.39. The van der Waals surface area contributed by atoms with Gasteiger partial charge in [0.1, 0.15) is 0 Å². The van der Waals surface area contributed by atoms with E-state index in [0.29, 0.717) is 17.4 Å². The Balaban J connectivity index is 2.26. The summed E-state index contributed by atoms with van der Waals surface area (Å²) in [4.78, 5) is 4.45. The van der Waals surface area contributed by atoms with Gasteiger partial charge >= 0.3 is 0 Å². The van der Waals surface area contributed by atoms with E-state index >= 15 is 0 Å². The maximum Gasteiger partial charge on any atom is 0.188 e. The van der Waals surface area contributed by atoms with Gasteiger partial charge in [0, 0.05) is 25.8 Å². The lowest BCUT2D eigenvalue weighted by Crippen LogP contribution is -2.38. The summed E-state index contributed by atoms with van der Waals surface area (Å²) in [7, 11) is 0. The Hall–Kier alpha value is -0.770. The number of nitrogens with two attached hydrogens (primary N) is 1. The van der Waals surface area contributed by atoms with E-state index < -0.39 is 0 Å². The Labute approximate surface area is 105 Å². The van der Waals surface area contributed by atoms with Crippen LogP contribution in [-0.4, -0.2) is 31.8 Å². The Morgan fingerprint density at radius 2 is 2.18 bits per heavy atom. The van der Waals surface area contributed by atoms with Gasteiger partial charge in [-0.05, 0) is 44.9 Å². The number of guanidine groups is 1. The number of hydrogen-bond donors (Lipinski definition) is 2. The van der Waals surface area contributed by atoms with Gasteiger partial charge in [0.05, 0.1) is 0 Å². The first kappa shape index (κ1) is 14.3. The molecule has 0 aromatic rings. The number of aliphatic imine (C=N–C) groups is 1. The van der Waals surface area contributed by atoms with Crippen LogP contribution in [0, 0.1) is 5.41 Å². The average Bonchev–Trinajstić information content (AvgIpc) is 3.07. The van der Waals surface area contributed by atoms with Crippen LogP contribution in [0.1, 0.15) is 46.5 Å². The van der Waals surface area contributed by atoms with Crippen molar-refractivity contribution in [3.8, 4) is 0 Å². The molecule has 100 valence electrons. The van der Waals surface area contributed by atoms with Crippen LogP contribution in [0.4, 0.5) is 0 Å². The van der Waals surface area contributed by atoms with Gasteiger partial charge in [0.15, 0.2) is 5.96 Å². The number of rotatable bonds is 8. The molecular formula is C13H27N3O. The predicted molar refractivity (Wildman–Crippen MR) is 72.2 cm³/mol. The second-order valence-electron chi connectivity index (χ2n) is 5.10. The summed E-state index contributed by atoms with van der Waals surface area (Å²) in [5.41, 5.74) is 6.23. The molecule has 1 saturated carbocycles. The molecule has 1 aliphatic rings. The highest BCUT2D eigenvalue weighted by Crippen LogP contribution is 2.48. The fourth-order valence-corrected chi connectivity index (χ4v) is 1.75. The second-order valence-corrected chi connectivity index (χ2v) is 5.10. The average molecular weight is 241 g/mol. The maximum atomic E-state index is 5.85. The first-order valence-corrected chi connectivity index (χ1v) is 6.76. The van der Waals surface area contributed by atoms with E-state index in [9.17, 15) is 0 Å². The molecule has 0 aromatic carbocycles. The van der Waals surface area contributed by atoms with Gasteiger partial charge in [-0.15, -0.1) is 0 Å². The van der Waals surface area contributed by atoms with Gasteiger partial charge in [-0.25, -0.2) is 0 Å². The van der Waals surface area contributed by atoms with Crippen molar-refractivity contribution >= 4 is 5.96 Å². The minimum absolute atomic E-state index is 0.386. The molecular weight excluding hydrogens is 214 g/mol. The summed E-state index contributed by atoms with van der Waals surface area (Å²) in [5.74, 6) is 0.585. The summed E-state index contributed by atoms with van der Waals surface area (Å²) in [6, 6.07) is 0.400. The van der Waals surface area contributed by atoms with E-state index in [-0.39, 0.29) is 0 Å². The van der Waals surface area contributed by atoms with Crippen molar-refractivity contribution in [2.45, 2.75) is 52.5 Å². The van der Waals surface area contributed by atoms with Gasteiger partial charge in [-0.1, -0.05) is 6.92 Å². The molecule has 1 aliphatic carbocycles. The first-order valence-electron chi connectivity index (χ1n) is 6.76. The third-order valence-electron chi connectivity index (χ3n) is 3.53. The fourth-order valence-electron chi connectivity index (χ4n) is 1.75. The number of nitrogens with zero attached hydrogens (tertiary/aromatic N) is 1. The molecule has 1 rings (SSSR count). The van der Waals surface area contributed by atoms with Crippen molar-refractivity contribution in [1.29, 1.82) is 0 Å². The van der Waals surface area contributed by atoms with Crippen LogP contribution in [0.3, 0.4) is 0 Å². The molecule has 0 aliphatic heterocycles. The molecule has 4 nitrogen and oxygen atoms in total. The maximum absolute atomic E-state index is 5.85. The lowest BCUT2D eigenvalue weighted by atomic mass is 10.0. The first-order chi connectivity index (χ1) is 8.12. The van der Waals surface area contributed by atoms with Crippen molar-refractivity contribution in [2.75, 3.05) is 19.8 Å². The molecule has 0 saturated heterocycles. The van der Waals surface area contributed by atoms with Gasteiger partial charge in [-0.2, -0.15) is 0 Å². The highest BCUT2D eigenvalue weighted by atomic mass is 16.5. The normalized spacial score (nSPS) is 20.1. The van der Waals surface area contributed by atoms with Crippen molar-refractivity contribution in [1.82, 2.24) is 5.32 Å². The Kier molecular flexibility index (Phi) is 5.75. The van der Waals surface area contributed by atoms with Crippen LogP contribution >= 0.6 is 0 Å². The van der Waals surface area contributed by atoms with Crippen LogP contribution in [0.15, 0.2) is 4.99 Å². The van der Waals surface area contributed by atoms with E-state index in [2.05, 4.69) is 24.2 Å². The van der Waals surface area contributed by atoms with Gasteiger partial charge in [-0.3, -0.25) is 4.99 Å². The zero-order chi connectivity index (χ0) is 12.7. The highest BCUT2D eigenvalue weighted by molar-refractivity contribution is 5.78. The topological polar surface area (TPSA) is 59.6 Å². The van der Waals surface area contributed by atoms with E-state index in [1.54, 1.807) is 0 Å². The van der Waals surface area contributed by atoms with Crippen LogP contribution in [-0.2, 0) is 4.74 Å². The Morgan fingerprint density at radius 1 is 1.47 bits per heavy atom. The predicted octanol–water partition coefficient (Wildman–Crippen LogP) is 1.90. The standard InChI is InChI=1S/C13H27N3O/c1-4-11(3)16-12(14)15-10-13(6-7-13)8-9-17-5-2/h11H,4-10H2,1-3H3,(H3,14,15,16). The SMILES string of the molecule is CCOCCC1(CN=C(N)NC(C)CC)CC1. The van der Waals surface area contributed by atoms with E-state index in [4.69, 9.17) is 10.5 Å². The van der Waals surface area contributed by atoms with Crippen molar-refractivity contribution in [3.05, 3.63) is 0 Å². The monoisotopic (exact) mass is 241 g/mol. The van der Waals surface area contributed by atoms with E-state index in [1.807, 2.05) is 6.92 Å². The van der Waals surface area contributed by atoms with Gasteiger partial charge < -0.3 is 15.8 Å². The molecule has 4 heteroatoms. The Morgan fingerprint density at radius 3 is 2.71 bits per heavy atom.